The molecule has 0 saturated heterocycles. The first kappa shape index (κ1) is 14.1. The molecule has 1 aromatic rings. The molecule has 1 atom stereocenters. The minimum Gasteiger partial charge on any atom is -0.392 e. The highest BCUT2D eigenvalue weighted by atomic mass is 32.2. The Hall–Kier alpha value is -0.920. The Morgan fingerprint density at radius 1 is 1.59 bits per heavy atom. The lowest BCUT2D eigenvalue weighted by molar-refractivity contribution is 0.278. The van der Waals surface area contributed by atoms with Gasteiger partial charge in [0.05, 0.1) is 12.8 Å². The van der Waals surface area contributed by atoms with Gasteiger partial charge >= 0.3 is 0 Å². The van der Waals surface area contributed by atoms with Crippen LogP contribution in [0.2, 0.25) is 0 Å². The van der Waals surface area contributed by atoms with Crippen LogP contribution in [-0.2, 0) is 16.6 Å². The molecule has 98 valence electrons. The molecule has 0 saturated carbocycles. The van der Waals surface area contributed by atoms with E-state index in [0.29, 0.717) is 0 Å². The average Bonchev–Trinajstić information content (AvgIpc) is 2.74. The Balaban J connectivity index is 2.75. The molecule has 17 heavy (non-hydrogen) atoms. The van der Waals surface area contributed by atoms with E-state index in [2.05, 4.69) is 21.8 Å². The first-order valence-electron chi connectivity index (χ1n) is 5.66. The van der Waals surface area contributed by atoms with E-state index >= 15 is 0 Å². The van der Waals surface area contributed by atoms with E-state index < -0.39 is 10.0 Å². The van der Waals surface area contributed by atoms with Gasteiger partial charge in [-0.15, -0.1) is 0 Å². The minimum absolute atomic E-state index is 0.0525. The average molecular weight is 261 g/mol. The summed E-state index contributed by atoms with van der Waals surface area (Å²) in [4.78, 5) is 0. The fourth-order valence-electron chi connectivity index (χ4n) is 1.54. The van der Waals surface area contributed by atoms with Gasteiger partial charge < -0.3 is 5.11 Å². The maximum absolute atomic E-state index is 12.0. The number of nitrogens with one attached hydrogen (secondary N) is 2. The quantitative estimate of drug-likeness (QED) is 0.675. The van der Waals surface area contributed by atoms with E-state index in [-0.39, 0.29) is 23.2 Å². The molecule has 0 aliphatic heterocycles. The summed E-state index contributed by atoms with van der Waals surface area (Å²) in [5.74, 6) is 0. The number of rotatable bonds is 7. The first-order chi connectivity index (χ1) is 8.01. The van der Waals surface area contributed by atoms with Crippen LogP contribution < -0.4 is 4.72 Å². The second kappa shape index (κ2) is 6.13. The SMILES string of the molecule is CCCCC(C)NS(=O)(=O)c1[nH]ncc1CO. The number of hydrogen-bond acceptors (Lipinski definition) is 4. The third-order valence-corrected chi connectivity index (χ3v) is 4.07. The molecule has 0 spiro atoms. The van der Waals surface area contributed by atoms with Crippen LogP contribution in [-0.4, -0.2) is 29.8 Å². The van der Waals surface area contributed by atoms with Crippen LogP contribution in [0, 0.1) is 0 Å². The monoisotopic (exact) mass is 261 g/mol. The molecular weight excluding hydrogens is 242 g/mol. The summed E-state index contributed by atoms with van der Waals surface area (Å²) in [5, 5.41) is 15.0. The lowest BCUT2D eigenvalue weighted by atomic mass is 10.2. The van der Waals surface area contributed by atoms with Crippen molar-refractivity contribution in [2.45, 2.75) is 50.8 Å². The highest BCUT2D eigenvalue weighted by Gasteiger charge is 2.22. The number of H-pyrrole nitrogens is 1. The van der Waals surface area contributed by atoms with Crippen LogP contribution in [0.3, 0.4) is 0 Å². The highest BCUT2D eigenvalue weighted by Crippen LogP contribution is 2.13. The zero-order chi connectivity index (χ0) is 12.9. The molecule has 0 amide bonds. The summed E-state index contributed by atoms with van der Waals surface area (Å²) in [5.41, 5.74) is 0.278. The molecule has 0 bridgehead atoms. The summed E-state index contributed by atoms with van der Waals surface area (Å²) >= 11 is 0. The van der Waals surface area contributed by atoms with Gasteiger partial charge in [0.1, 0.15) is 0 Å². The Bertz CT molecular complexity index is 441. The van der Waals surface area contributed by atoms with Crippen molar-refractivity contribution in [3.8, 4) is 0 Å². The molecular formula is C10H19N3O3S. The van der Waals surface area contributed by atoms with Crippen molar-refractivity contribution < 1.29 is 13.5 Å². The zero-order valence-corrected chi connectivity index (χ0v) is 10.9. The molecule has 1 aromatic heterocycles. The standard InChI is InChI=1S/C10H19N3O3S/c1-3-4-5-8(2)13-17(15,16)10-9(7-14)6-11-12-10/h6,8,13-14H,3-5,7H2,1-2H3,(H,11,12). The van der Waals surface area contributed by atoms with Gasteiger partial charge in [0.2, 0.25) is 0 Å². The third-order valence-electron chi connectivity index (χ3n) is 2.46. The van der Waals surface area contributed by atoms with Gasteiger partial charge in [-0.25, -0.2) is 13.1 Å². The summed E-state index contributed by atoms with van der Waals surface area (Å²) in [6.07, 6.45) is 4.10. The summed E-state index contributed by atoms with van der Waals surface area (Å²) in [7, 11) is -3.62. The van der Waals surface area contributed by atoms with Crippen molar-refractivity contribution in [3.05, 3.63) is 11.8 Å². The Morgan fingerprint density at radius 3 is 2.88 bits per heavy atom. The topological polar surface area (TPSA) is 95.1 Å². The lowest BCUT2D eigenvalue weighted by Crippen LogP contribution is -2.33. The van der Waals surface area contributed by atoms with E-state index in [1.54, 1.807) is 0 Å². The van der Waals surface area contributed by atoms with Gasteiger partial charge in [-0.3, -0.25) is 5.10 Å². The van der Waals surface area contributed by atoms with Crippen molar-refractivity contribution in [1.29, 1.82) is 0 Å². The molecule has 0 aromatic carbocycles. The van der Waals surface area contributed by atoms with Crippen LogP contribution in [0.25, 0.3) is 0 Å². The molecule has 1 heterocycles. The smallest absolute Gasteiger partial charge is 0.258 e. The molecule has 1 unspecified atom stereocenters. The van der Waals surface area contributed by atoms with Crippen LogP contribution >= 0.6 is 0 Å². The predicted octanol–water partition coefficient (Wildman–Crippen LogP) is 0.759. The van der Waals surface area contributed by atoms with Crippen molar-refractivity contribution >= 4 is 10.0 Å². The van der Waals surface area contributed by atoms with Crippen LogP contribution in [0.15, 0.2) is 11.2 Å². The first-order valence-corrected chi connectivity index (χ1v) is 7.15. The second-order valence-electron chi connectivity index (χ2n) is 4.05. The van der Waals surface area contributed by atoms with Crippen molar-refractivity contribution in [2.24, 2.45) is 0 Å². The third kappa shape index (κ3) is 3.79. The van der Waals surface area contributed by atoms with E-state index in [1.807, 2.05) is 6.92 Å². The van der Waals surface area contributed by atoms with E-state index in [9.17, 15) is 8.42 Å². The molecule has 6 nitrogen and oxygen atoms in total. The molecule has 7 heteroatoms. The number of sulfonamides is 1. The molecule has 0 radical (unpaired) electrons. The molecule has 0 aliphatic rings. The summed E-state index contributed by atoms with van der Waals surface area (Å²) < 4.78 is 26.5. The minimum atomic E-state index is -3.62. The van der Waals surface area contributed by atoms with Crippen molar-refractivity contribution in [1.82, 2.24) is 14.9 Å². The van der Waals surface area contributed by atoms with Crippen LogP contribution in [0.4, 0.5) is 0 Å². The van der Waals surface area contributed by atoms with Gasteiger partial charge in [-0.1, -0.05) is 19.8 Å². The maximum atomic E-state index is 12.0. The highest BCUT2D eigenvalue weighted by molar-refractivity contribution is 7.89. The number of aromatic nitrogens is 2. The Morgan fingerprint density at radius 2 is 2.29 bits per heavy atom. The van der Waals surface area contributed by atoms with Crippen LogP contribution in [0.1, 0.15) is 38.7 Å². The normalized spacial score (nSPS) is 13.8. The number of nitrogens with zero attached hydrogens (tertiary/aromatic N) is 1. The van der Waals surface area contributed by atoms with Gasteiger partial charge in [-0.2, -0.15) is 5.10 Å². The molecule has 1 rings (SSSR count). The lowest BCUT2D eigenvalue weighted by Gasteiger charge is -2.13. The number of aliphatic hydroxyl groups is 1. The number of aliphatic hydroxyl groups excluding tert-OH is 1. The van der Waals surface area contributed by atoms with Crippen molar-refractivity contribution in [2.75, 3.05) is 0 Å². The summed E-state index contributed by atoms with van der Waals surface area (Å²) in [6, 6.07) is -0.130. The van der Waals surface area contributed by atoms with Gasteiger partial charge in [0.25, 0.3) is 10.0 Å². The Labute approximate surface area is 101 Å². The van der Waals surface area contributed by atoms with Gasteiger partial charge in [0, 0.05) is 11.6 Å². The molecule has 0 aliphatic carbocycles. The van der Waals surface area contributed by atoms with E-state index in [0.717, 1.165) is 19.3 Å². The zero-order valence-electron chi connectivity index (χ0n) is 10.1. The van der Waals surface area contributed by atoms with E-state index in [4.69, 9.17) is 5.11 Å². The molecule has 3 N–H and O–H groups in total. The Kier molecular flexibility index (Phi) is 5.10. The fraction of sp³-hybridized carbons (Fsp3) is 0.700. The number of unbranched alkanes of at least 4 members (excludes halogenated alkanes) is 1. The molecule has 0 fully saturated rings. The number of aromatic amines is 1. The van der Waals surface area contributed by atoms with Crippen molar-refractivity contribution in [3.63, 3.8) is 0 Å². The number of hydrogen-bond donors (Lipinski definition) is 3. The largest absolute Gasteiger partial charge is 0.392 e. The summed E-state index contributed by atoms with van der Waals surface area (Å²) in [6.45, 7) is 3.53. The maximum Gasteiger partial charge on any atom is 0.258 e. The van der Waals surface area contributed by atoms with Gasteiger partial charge in [-0.05, 0) is 13.3 Å². The van der Waals surface area contributed by atoms with Crippen LogP contribution in [0.5, 0.6) is 0 Å². The predicted molar refractivity (Wildman–Crippen MR) is 63.8 cm³/mol. The second-order valence-corrected chi connectivity index (χ2v) is 5.70. The van der Waals surface area contributed by atoms with Gasteiger partial charge in [0.15, 0.2) is 5.03 Å². The van der Waals surface area contributed by atoms with E-state index in [1.165, 1.54) is 6.20 Å². The fourth-order valence-corrected chi connectivity index (χ4v) is 2.94.